The molecule has 0 saturated carbocycles. The number of carboxylic acid groups (broad SMARTS) is 1. The number of phenolic OH excluding ortho intramolecular Hbond substituents is 1. The first-order valence-corrected chi connectivity index (χ1v) is 7.23. The fraction of sp³-hybridized carbons (Fsp3) is 0.273. The minimum atomic E-state index is -2.06. The second kappa shape index (κ2) is 6.22. The van der Waals surface area contributed by atoms with E-state index in [1.165, 1.54) is 6.07 Å². The van der Waals surface area contributed by atoms with Crippen LogP contribution in [0.3, 0.4) is 0 Å². The van der Waals surface area contributed by atoms with E-state index >= 15 is 0 Å². The average Bonchev–Trinajstić information content (AvgIpc) is 2.30. The van der Waals surface area contributed by atoms with E-state index in [1.54, 1.807) is 6.07 Å². The van der Waals surface area contributed by atoms with Gasteiger partial charge in [0, 0.05) is 3.57 Å². The zero-order valence-electron chi connectivity index (χ0n) is 9.78. The third-order valence-corrected chi connectivity index (χ3v) is 3.77. The van der Waals surface area contributed by atoms with Gasteiger partial charge in [-0.15, -0.1) is 0 Å². The monoisotopic (exact) mass is 491 g/mol. The molecular weight excluding hydrogens is 480 g/mol. The highest BCUT2D eigenvalue weighted by Gasteiger charge is 2.30. The standard InChI is InChI=1S/C11H11I2NO5/c1-11(19,10(17)18)4-14-9(16)6-2-5(12)3-7(13)8(6)15/h2-3,15,19H,4H2,1H3,(H,14,16)(H,17,18). The Morgan fingerprint density at radius 3 is 2.47 bits per heavy atom. The van der Waals surface area contributed by atoms with Crippen molar-refractivity contribution in [2.75, 3.05) is 6.54 Å². The Labute approximate surface area is 136 Å². The van der Waals surface area contributed by atoms with Crippen molar-refractivity contribution in [3.05, 3.63) is 24.8 Å². The molecule has 0 radical (unpaired) electrons. The van der Waals surface area contributed by atoms with Crippen molar-refractivity contribution in [3.63, 3.8) is 0 Å². The highest BCUT2D eigenvalue weighted by Crippen LogP contribution is 2.26. The summed E-state index contributed by atoms with van der Waals surface area (Å²) in [6.45, 7) is 0.622. The van der Waals surface area contributed by atoms with Crippen LogP contribution in [0.1, 0.15) is 17.3 Å². The van der Waals surface area contributed by atoms with Crippen LogP contribution in [-0.2, 0) is 4.79 Å². The predicted molar refractivity (Wildman–Crippen MR) is 84.1 cm³/mol. The van der Waals surface area contributed by atoms with Crippen molar-refractivity contribution in [3.8, 4) is 5.75 Å². The number of hydrogen-bond acceptors (Lipinski definition) is 4. The highest BCUT2D eigenvalue weighted by atomic mass is 127. The zero-order chi connectivity index (χ0) is 14.8. The van der Waals surface area contributed by atoms with Crippen LogP contribution in [0.15, 0.2) is 12.1 Å². The molecule has 0 saturated heterocycles. The lowest BCUT2D eigenvalue weighted by Crippen LogP contribution is -2.46. The van der Waals surface area contributed by atoms with Gasteiger partial charge in [0.15, 0.2) is 5.60 Å². The van der Waals surface area contributed by atoms with Crippen molar-refractivity contribution < 1.29 is 24.9 Å². The molecule has 0 aromatic heterocycles. The fourth-order valence-electron chi connectivity index (χ4n) is 1.16. The number of amides is 1. The summed E-state index contributed by atoms with van der Waals surface area (Å²) in [5.74, 6) is -2.25. The van der Waals surface area contributed by atoms with Crippen molar-refractivity contribution >= 4 is 57.1 Å². The van der Waals surface area contributed by atoms with Crippen LogP contribution in [0.4, 0.5) is 0 Å². The molecule has 0 aliphatic rings. The van der Waals surface area contributed by atoms with E-state index in [0.29, 0.717) is 3.57 Å². The molecule has 1 rings (SSSR count). The van der Waals surface area contributed by atoms with Crippen LogP contribution in [-0.4, -0.2) is 39.3 Å². The quantitative estimate of drug-likeness (QED) is 0.474. The lowest BCUT2D eigenvalue weighted by Gasteiger charge is -2.18. The first-order chi connectivity index (χ1) is 8.65. The van der Waals surface area contributed by atoms with Gasteiger partial charge in [0.1, 0.15) is 5.75 Å². The Kier molecular flexibility index (Phi) is 5.38. The van der Waals surface area contributed by atoms with E-state index in [-0.39, 0.29) is 11.3 Å². The van der Waals surface area contributed by atoms with Gasteiger partial charge >= 0.3 is 5.97 Å². The normalized spacial score (nSPS) is 13.7. The number of aliphatic carboxylic acids is 1. The molecular formula is C11H11I2NO5. The maximum Gasteiger partial charge on any atom is 0.337 e. The molecule has 0 aliphatic heterocycles. The number of carboxylic acids is 1. The summed E-state index contributed by atoms with van der Waals surface area (Å²) < 4.78 is 1.27. The van der Waals surface area contributed by atoms with Gasteiger partial charge in [0.05, 0.1) is 15.7 Å². The molecule has 19 heavy (non-hydrogen) atoms. The molecule has 0 aliphatic carbocycles. The molecule has 1 aromatic carbocycles. The second-order valence-electron chi connectivity index (χ2n) is 4.05. The maximum atomic E-state index is 11.9. The van der Waals surface area contributed by atoms with Crippen LogP contribution in [0.25, 0.3) is 0 Å². The summed E-state index contributed by atoms with van der Waals surface area (Å²) >= 11 is 3.88. The summed E-state index contributed by atoms with van der Waals surface area (Å²) in [4.78, 5) is 22.5. The van der Waals surface area contributed by atoms with Gasteiger partial charge < -0.3 is 20.6 Å². The van der Waals surface area contributed by atoms with Gasteiger partial charge in [0.25, 0.3) is 5.91 Å². The summed E-state index contributed by atoms with van der Waals surface area (Å²) in [6, 6.07) is 3.17. The van der Waals surface area contributed by atoms with Gasteiger partial charge in [-0.25, -0.2) is 4.79 Å². The third kappa shape index (κ3) is 4.18. The number of aromatic hydroxyl groups is 1. The van der Waals surface area contributed by atoms with E-state index < -0.39 is 24.0 Å². The Bertz CT molecular complexity index is 530. The smallest absolute Gasteiger partial charge is 0.337 e. The minimum Gasteiger partial charge on any atom is -0.506 e. The third-order valence-electron chi connectivity index (χ3n) is 2.33. The number of halogens is 2. The second-order valence-corrected chi connectivity index (χ2v) is 6.45. The number of rotatable bonds is 4. The van der Waals surface area contributed by atoms with Gasteiger partial charge in [0.2, 0.25) is 0 Å². The first kappa shape index (κ1) is 16.4. The van der Waals surface area contributed by atoms with Crippen molar-refractivity contribution in [2.24, 2.45) is 0 Å². The minimum absolute atomic E-state index is 0.0393. The molecule has 0 fully saturated rings. The topological polar surface area (TPSA) is 107 Å². The molecule has 0 heterocycles. The molecule has 1 unspecified atom stereocenters. The van der Waals surface area contributed by atoms with Crippen LogP contribution in [0.5, 0.6) is 5.75 Å². The molecule has 104 valence electrons. The number of aliphatic hydroxyl groups is 1. The van der Waals surface area contributed by atoms with Gasteiger partial charge in [-0.3, -0.25) is 4.79 Å². The molecule has 1 amide bonds. The fourth-order valence-corrected chi connectivity index (χ4v) is 3.01. The molecule has 0 spiro atoms. The van der Waals surface area contributed by atoms with Crippen molar-refractivity contribution in [1.82, 2.24) is 5.32 Å². The Hall–Kier alpha value is -0.620. The predicted octanol–water partition coefficient (Wildman–Crippen LogP) is 1.17. The lowest BCUT2D eigenvalue weighted by molar-refractivity contribution is -0.155. The number of carbonyl (C=O) groups excluding carboxylic acids is 1. The van der Waals surface area contributed by atoms with Crippen molar-refractivity contribution in [2.45, 2.75) is 12.5 Å². The van der Waals surface area contributed by atoms with E-state index in [1.807, 2.05) is 45.2 Å². The molecule has 8 heteroatoms. The molecule has 0 bridgehead atoms. The molecule has 1 aromatic rings. The van der Waals surface area contributed by atoms with Gasteiger partial charge in [-0.1, -0.05) is 0 Å². The summed E-state index contributed by atoms with van der Waals surface area (Å²) in [5.41, 5.74) is -2.02. The van der Waals surface area contributed by atoms with Crippen molar-refractivity contribution in [1.29, 1.82) is 0 Å². The highest BCUT2D eigenvalue weighted by molar-refractivity contribution is 14.1. The maximum absolute atomic E-state index is 11.9. The van der Waals surface area contributed by atoms with Crippen LogP contribution in [0, 0.1) is 7.14 Å². The van der Waals surface area contributed by atoms with Crippen LogP contribution >= 0.6 is 45.2 Å². The largest absolute Gasteiger partial charge is 0.506 e. The Morgan fingerprint density at radius 2 is 1.95 bits per heavy atom. The van der Waals surface area contributed by atoms with Gasteiger partial charge in [-0.05, 0) is 64.2 Å². The summed E-state index contributed by atoms with van der Waals surface area (Å²) in [5, 5.41) is 30.3. The lowest BCUT2D eigenvalue weighted by atomic mass is 10.1. The number of carbonyl (C=O) groups is 2. The number of hydrogen-bond donors (Lipinski definition) is 4. The van der Waals surface area contributed by atoms with E-state index in [0.717, 1.165) is 10.5 Å². The van der Waals surface area contributed by atoms with E-state index in [2.05, 4.69) is 5.32 Å². The Morgan fingerprint density at radius 1 is 1.37 bits per heavy atom. The van der Waals surface area contributed by atoms with Crippen LogP contribution < -0.4 is 5.32 Å². The SMILES string of the molecule is CC(O)(CNC(=O)c1cc(I)cc(I)c1O)C(=O)O. The zero-order valence-corrected chi connectivity index (χ0v) is 14.1. The molecule has 6 nitrogen and oxygen atoms in total. The average molecular weight is 491 g/mol. The summed E-state index contributed by atoms with van der Waals surface area (Å²) in [7, 11) is 0. The summed E-state index contributed by atoms with van der Waals surface area (Å²) in [6.07, 6.45) is 0. The van der Waals surface area contributed by atoms with E-state index in [9.17, 15) is 19.8 Å². The van der Waals surface area contributed by atoms with E-state index in [4.69, 9.17) is 5.11 Å². The molecule has 4 N–H and O–H groups in total. The number of phenols is 1. The number of nitrogens with one attached hydrogen (secondary N) is 1. The Balaban J connectivity index is 2.88. The van der Waals surface area contributed by atoms with Gasteiger partial charge in [-0.2, -0.15) is 0 Å². The first-order valence-electron chi connectivity index (χ1n) is 5.07. The van der Waals surface area contributed by atoms with Crippen LogP contribution in [0.2, 0.25) is 0 Å². The number of benzene rings is 1. The molecule has 1 atom stereocenters.